The molecule has 0 saturated heterocycles. The van der Waals surface area contributed by atoms with Gasteiger partial charge in [0.1, 0.15) is 0 Å². The molecule has 0 aromatic rings. The second kappa shape index (κ2) is 29.4. The van der Waals surface area contributed by atoms with Crippen LogP contribution < -0.4 is 21.3 Å². The molecule has 22 heteroatoms. The highest BCUT2D eigenvalue weighted by Crippen LogP contribution is 2.15. The van der Waals surface area contributed by atoms with Crippen LogP contribution in [0.1, 0.15) is 32.1 Å². The molecule has 16 nitrogen and oxygen atoms in total. The highest BCUT2D eigenvalue weighted by Gasteiger charge is 2.38. The van der Waals surface area contributed by atoms with Crippen LogP contribution in [0.15, 0.2) is 0 Å². The third kappa shape index (κ3) is 20.0. The smallest absolute Gasteiger partial charge is 0.415 e. The van der Waals surface area contributed by atoms with Crippen molar-refractivity contribution < 1.29 is 55.8 Å². The van der Waals surface area contributed by atoms with E-state index in [1.807, 2.05) is 0 Å². The Kier molecular flexibility index (Phi) is 30.5. The topological polar surface area (TPSA) is 203 Å². The molecule has 0 amide bonds. The summed E-state index contributed by atoms with van der Waals surface area (Å²) >= 11 is 10.4. The Hall–Kier alpha value is -0.232. The molecule has 0 rings (SSSR count). The Morgan fingerprint density at radius 1 is 0.438 bits per heavy atom. The summed E-state index contributed by atoms with van der Waals surface area (Å²) in [7, 11) is 2.67. The van der Waals surface area contributed by atoms with E-state index in [0.29, 0.717) is 41.6 Å². The van der Waals surface area contributed by atoms with E-state index in [-0.39, 0.29) is 24.9 Å². The molecule has 0 saturated carbocycles. The van der Waals surface area contributed by atoms with Gasteiger partial charge in [-0.15, -0.1) is 0 Å². The van der Waals surface area contributed by atoms with Crippen LogP contribution in [0.5, 0.6) is 0 Å². The molecular formula is C26H64N4O12S2Si4. The Morgan fingerprint density at radius 3 is 1.17 bits per heavy atom. The van der Waals surface area contributed by atoms with E-state index < -0.39 is 34.2 Å². The number of nitrogens with one attached hydrogen (secondary N) is 4. The van der Waals surface area contributed by atoms with Crippen molar-refractivity contribution in [3.05, 3.63) is 0 Å². The van der Waals surface area contributed by atoms with Gasteiger partial charge < -0.3 is 77.1 Å². The minimum atomic E-state index is -2.67. The van der Waals surface area contributed by atoms with Crippen LogP contribution in [0.4, 0.5) is 0 Å². The van der Waals surface area contributed by atoms with Gasteiger partial charge in [0, 0.05) is 82.6 Å². The van der Waals surface area contributed by atoms with Crippen molar-refractivity contribution in [3.63, 3.8) is 0 Å². The molecule has 0 unspecified atom stereocenters. The first-order chi connectivity index (χ1) is 22.9. The number of aliphatic hydroxyl groups excluding tert-OH is 4. The number of aliphatic hydroxyl groups is 4. The first-order valence-electron chi connectivity index (χ1n) is 15.8. The molecule has 0 aromatic heterocycles. The van der Waals surface area contributed by atoms with Crippen molar-refractivity contribution in [1.29, 1.82) is 0 Å². The summed E-state index contributed by atoms with van der Waals surface area (Å²) in [5.41, 5.74) is 0. The van der Waals surface area contributed by atoms with Gasteiger partial charge in [0.25, 0.3) is 0 Å². The van der Waals surface area contributed by atoms with Crippen LogP contribution in [0, 0.1) is 0 Å². The van der Waals surface area contributed by atoms with Crippen LogP contribution >= 0.6 is 24.4 Å². The van der Waals surface area contributed by atoms with Gasteiger partial charge in [0.15, 0.2) is 10.2 Å². The molecule has 0 aliphatic heterocycles. The molecule has 48 heavy (non-hydrogen) atoms. The molecular weight excluding hydrogens is 737 g/mol. The lowest BCUT2D eigenvalue weighted by molar-refractivity contribution is 0.123. The van der Waals surface area contributed by atoms with Crippen LogP contribution in [0.25, 0.3) is 0 Å². The van der Waals surface area contributed by atoms with Crippen LogP contribution in [-0.4, -0.2) is 172 Å². The highest BCUT2D eigenvalue weighted by atomic mass is 32.1. The third-order valence-electron chi connectivity index (χ3n) is 7.98. The summed E-state index contributed by atoms with van der Waals surface area (Å²) in [5.74, 6) is 0. The fourth-order valence-corrected chi connectivity index (χ4v) is 11.3. The highest BCUT2D eigenvalue weighted by molar-refractivity contribution is 7.80. The number of hydrogen-bond donors (Lipinski definition) is 8. The fourth-order valence-electron chi connectivity index (χ4n) is 4.28. The van der Waals surface area contributed by atoms with Crippen molar-refractivity contribution in [2.45, 2.75) is 50.2 Å². The number of hydrogen-bond acceptors (Lipinski definition) is 14. The average molecular weight is 801 g/mol. The first-order valence-corrected chi connectivity index (χ1v) is 25.6. The van der Waals surface area contributed by atoms with E-state index in [1.165, 1.54) is 0 Å². The zero-order chi connectivity index (χ0) is 37.0. The molecule has 8 N–H and O–H groups in total. The standard InChI is InChI=1S/2C13H32N2O6SSi2/c1-18-23(11-16,12-17)9-5-7-14-13(22)15-8-6-10-24(19-2,20-3)21-4;1-18-23(11-16,12-17)9-7-5-6-8-14-13(22)15-10-24(19-2,20-3)21-4/h2*16-17H,5-12H2,1-4H3,(H2,14,15,22). The quantitative estimate of drug-likeness (QED) is 0.0285. The van der Waals surface area contributed by atoms with Crippen LogP contribution in [0.2, 0.25) is 18.1 Å². The zero-order valence-corrected chi connectivity index (χ0v) is 35.8. The maximum absolute atomic E-state index is 9.35. The summed E-state index contributed by atoms with van der Waals surface area (Å²) in [4.78, 5) is 0. The summed E-state index contributed by atoms with van der Waals surface area (Å²) in [6, 6.07) is 2.14. The van der Waals surface area contributed by atoms with Crippen molar-refractivity contribution in [2.75, 3.05) is 108 Å². The number of rotatable bonds is 28. The lowest BCUT2D eigenvalue weighted by atomic mass is 10.2. The third-order valence-corrected chi connectivity index (χ3v) is 20.4. The lowest BCUT2D eigenvalue weighted by Gasteiger charge is -2.25. The van der Waals surface area contributed by atoms with E-state index >= 15 is 0 Å². The van der Waals surface area contributed by atoms with Gasteiger partial charge in [-0.05, 0) is 55.8 Å². The molecule has 0 radical (unpaired) electrons. The van der Waals surface area contributed by atoms with E-state index in [9.17, 15) is 20.4 Å². The van der Waals surface area contributed by atoms with Crippen LogP contribution in [-0.2, 0) is 35.4 Å². The SMILES string of the molecule is CO[Si](CO)(CO)CCCCCNC(=S)NC[Si](OC)(OC)OC.CO[Si](CO)(CO)CCCNC(=S)NCCC[Si](OC)(OC)OC. The van der Waals surface area contributed by atoms with Crippen molar-refractivity contribution in [1.82, 2.24) is 21.3 Å². The molecule has 0 spiro atoms. The molecule has 288 valence electrons. The van der Waals surface area contributed by atoms with Gasteiger partial charge in [0.05, 0.1) is 31.1 Å². The molecule has 0 heterocycles. The number of thiocarbonyl (C=S) groups is 2. The monoisotopic (exact) mass is 800 g/mol. The Morgan fingerprint density at radius 2 is 0.792 bits per heavy atom. The largest absolute Gasteiger partial charge is 0.520 e. The summed E-state index contributed by atoms with van der Waals surface area (Å²) in [6.07, 6.45) is 4.57. The van der Waals surface area contributed by atoms with E-state index in [0.717, 1.165) is 44.7 Å². The maximum atomic E-state index is 9.35. The van der Waals surface area contributed by atoms with Gasteiger partial charge >= 0.3 is 17.6 Å². The molecule has 0 bridgehead atoms. The van der Waals surface area contributed by atoms with E-state index in [4.69, 9.17) is 59.8 Å². The van der Waals surface area contributed by atoms with Gasteiger partial charge in [0.2, 0.25) is 16.6 Å². The van der Waals surface area contributed by atoms with Gasteiger partial charge in [-0.3, -0.25) is 0 Å². The minimum Gasteiger partial charge on any atom is -0.415 e. The number of unbranched alkanes of at least 4 members (excludes halogenated alkanes) is 2. The first kappa shape index (κ1) is 49.9. The zero-order valence-electron chi connectivity index (χ0n) is 30.2. The maximum Gasteiger partial charge on any atom is 0.520 e. The Bertz CT molecular complexity index is 758. The van der Waals surface area contributed by atoms with Gasteiger partial charge in [-0.1, -0.05) is 12.8 Å². The predicted octanol–water partition coefficient (Wildman–Crippen LogP) is -0.543. The Balaban J connectivity index is 0. The van der Waals surface area contributed by atoms with Crippen LogP contribution in [0.3, 0.4) is 0 Å². The van der Waals surface area contributed by atoms with Crippen molar-refractivity contribution >= 4 is 68.9 Å². The fraction of sp³-hybridized carbons (Fsp3) is 0.923. The van der Waals surface area contributed by atoms with Crippen molar-refractivity contribution in [2.24, 2.45) is 0 Å². The van der Waals surface area contributed by atoms with E-state index in [2.05, 4.69) is 21.3 Å². The minimum absolute atomic E-state index is 0.0452. The molecule has 0 atom stereocenters. The summed E-state index contributed by atoms with van der Waals surface area (Å²) < 4.78 is 42.6. The normalized spacial score (nSPS) is 12.2. The average Bonchev–Trinajstić information content (AvgIpc) is 3.13. The van der Waals surface area contributed by atoms with E-state index in [1.54, 1.807) is 56.9 Å². The van der Waals surface area contributed by atoms with Crippen molar-refractivity contribution in [3.8, 4) is 0 Å². The Labute approximate surface area is 302 Å². The molecule has 0 aliphatic carbocycles. The summed E-state index contributed by atoms with van der Waals surface area (Å²) in [6.45, 7) is 2.10. The summed E-state index contributed by atoms with van der Waals surface area (Å²) in [5, 5.41) is 50.9. The molecule has 0 aromatic carbocycles. The molecule has 0 fully saturated rings. The lowest BCUT2D eigenvalue weighted by Crippen LogP contribution is -2.54. The second-order valence-electron chi connectivity index (χ2n) is 10.8. The van der Waals surface area contributed by atoms with Gasteiger partial charge in [-0.25, -0.2) is 0 Å². The van der Waals surface area contributed by atoms with Gasteiger partial charge in [-0.2, -0.15) is 0 Å². The molecule has 0 aliphatic rings. The second-order valence-corrected chi connectivity index (χ2v) is 25.5. The predicted molar refractivity (Wildman–Crippen MR) is 202 cm³/mol.